The molecule has 2 rings (SSSR count). The van der Waals surface area contributed by atoms with E-state index in [-0.39, 0.29) is 18.6 Å². The van der Waals surface area contributed by atoms with Gasteiger partial charge in [0, 0.05) is 11.6 Å². The number of benzene rings is 2. The summed E-state index contributed by atoms with van der Waals surface area (Å²) >= 11 is 6.02. The second-order valence-corrected chi connectivity index (χ2v) is 6.74. The highest BCUT2D eigenvalue weighted by Crippen LogP contribution is 2.20. The van der Waals surface area contributed by atoms with Gasteiger partial charge in [0.05, 0.1) is 16.9 Å². The molecule has 2 aromatic carbocycles. The Bertz CT molecular complexity index is 933. The maximum absolute atomic E-state index is 12.1. The Hall–Kier alpha value is -3.39. The Morgan fingerprint density at radius 1 is 1.10 bits per heavy atom. The molecule has 2 aromatic rings. The standard InChI is InChI=1S/C21H23ClN4O4/c1-3-14(2)24-20(28)21(29)26-23-12-15-8-4-7-11-18(15)30-13-19(27)25-17-10-6-5-9-16(17)22/h4-12,14H,3,13H2,1-2H3,(H,24,28)(H,25,27)(H,26,29)/b23-12-/t14-/m1/s1. The van der Waals surface area contributed by atoms with Crippen molar-refractivity contribution in [2.24, 2.45) is 5.10 Å². The number of nitrogens with zero attached hydrogens (tertiary/aromatic N) is 1. The lowest BCUT2D eigenvalue weighted by atomic mass is 10.2. The number of para-hydroxylation sites is 2. The molecule has 0 bridgehead atoms. The van der Waals surface area contributed by atoms with Crippen LogP contribution < -0.4 is 20.8 Å². The molecule has 1 atom stereocenters. The molecule has 8 nitrogen and oxygen atoms in total. The van der Waals surface area contributed by atoms with Crippen molar-refractivity contribution in [3.63, 3.8) is 0 Å². The zero-order valence-electron chi connectivity index (χ0n) is 16.6. The van der Waals surface area contributed by atoms with Crippen LogP contribution in [0.2, 0.25) is 5.02 Å². The third kappa shape index (κ3) is 7.21. The summed E-state index contributed by atoms with van der Waals surface area (Å²) in [6, 6.07) is 13.6. The lowest BCUT2D eigenvalue weighted by Crippen LogP contribution is -2.41. The average Bonchev–Trinajstić information content (AvgIpc) is 2.74. The Labute approximate surface area is 179 Å². The van der Waals surface area contributed by atoms with Crippen molar-refractivity contribution in [1.29, 1.82) is 0 Å². The first-order chi connectivity index (χ1) is 14.4. The second kappa shape index (κ2) is 11.6. The second-order valence-electron chi connectivity index (χ2n) is 6.34. The minimum Gasteiger partial charge on any atom is -0.483 e. The molecule has 0 unspecified atom stereocenters. The molecule has 0 aliphatic heterocycles. The minimum absolute atomic E-state index is 0.113. The molecule has 0 radical (unpaired) electrons. The summed E-state index contributed by atoms with van der Waals surface area (Å²) in [6.45, 7) is 3.44. The minimum atomic E-state index is -0.871. The Balaban J connectivity index is 1.91. The van der Waals surface area contributed by atoms with Crippen molar-refractivity contribution in [2.75, 3.05) is 11.9 Å². The summed E-state index contributed by atoms with van der Waals surface area (Å²) < 4.78 is 5.54. The maximum atomic E-state index is 12.1. The molecule has 0 heterocycles. The number of rotatable bonds is 8. The Morgan fingerprint density at radius 3 is 2.53 bits per heavy atom. The van der Waals surface area contributed by atoms with Crippen LogP contribution in [0.4, 0.5) is 5.69 Å². The topological polar surface area (TPSA) is 109 Å². The quantitative estimate of drug-likeness (QED) is 0.340. The van der Waals surface area contributed by atoms with E-state index in [2.05, 4.69) is 21.2 Å². The van der Waals surface area contributed by atoms with E-state index in [1.54, 1.807) is 55.5 Å². The number of nitrogens with one attached hydrogen (secondary N) is 3. The van der Waals surface area contributed by atoms with Crippen LogP contribution in [0, 0.1) is 0 Å². The summed E-state index contributed by atoms with van der Waals surface area (Å²) in [4.78, 5) is 35.6. The van der Waals surface area contributed by atoms with E-state index >= 15 is 0 Å². The Kier molecular flexibility index (Phi) is 8.83. The SMILES string of the molecule is CC[C@@H](C)NC(=O)C(=O)N/N=C\c1ccccc1OCC(=O)Nc1ccccc1Cl. The number of hydrogen-bond acceptors (Lipinski definition) is 5. The van der Waals surface area contributed by atoms with Gasteiger partial charge in [0.15, 0.2) is 6.61 Å². The first kappa shape index (κ1) is 22.9. The molecule has 0 aliphatic rings. The molecular formula is C21H23ClN4O4. The van der Waals surface area contributed by atoms with Gasteiger partial charge in [-0.2, -0.15) is 5.10 Å². The van der Waals surface area contributed by atoms with Gasteiger partial charge < -0.3 is 15.4 Å². The first-order valence-corrected chi connectivity index (χ1v) is 9.68. The van der Waals surface area contributed by atoms with Crippen molar-refractivity contribution in [3.8, 4) is 5.75 Å². The van der Waals surface area contributed by atoms with Crippen LogP contribution in [0.5, 0.6) is 5.75 Å². The smallest absolute Gasteiger partial charge is 0.329 e. The Morgan fingerprint density at radius 2 is 1.80 bits per heavy atom. The molecule has 0 saturated heterocycles. The molecule has 0 fully saturated rings. The van der Waals surface area contributed by atoms with E-state index < -0.39 is 11.8 Å². The summed E-state index contributed by atoms with van der Waals surface area (Å²) in [6.07, 6.45) is 2.03. The largest absolute Gasteiger partial charge is 0.483 e. The van der Waals surface area contributed by atoms with Crippen LogP contribution in [-0.2, 0) is 14.4 Å². The fourth-order valence-electron chi connectivity index (χ4n) is 2.21. The van der Waals surface area contributed by atoms with Crippen LogP contribution >= 0.6 is 11.6 Å². The fourth-order valence-corrected chi connectivity index (χ4v) is 2.40. The van der Waals surface area contributed by atoms with Gasteiger partial charge in [-0.3, -0.25) is 14.4 Å². The lowest BCUT2D eigenvalue weighted by molar-refractivity contribution is -0.139. The molecule has 0 saturated carbocycles. The molecule has 3 N–H and O–H groups in total. The van der Waals surface area contributed by atoms with Crippen molar-refractivity contribution >= 4 is 41.2 Å². The summed E-state index contributed by atoms with van der Waals surface area (Å²) in [7, 11) is 0. The van der Waals surface area contributed by atoms with Gasteiger partial charge in [0.25, 0.3) is 5.91 Å². The predicted molar refractivity (Wildman–Crippen MR) is 116 cm³/mol. The zero-order chi connectivity index (χ0) is 21.9. The maximum Gasteiger partial charge on any atom is 0.329 e. The number of anilines is 1. The van der Waals surface area contributed by atoms with Gasteiger partial charge in [0.1, 0.15) is 5.75 Å². The van der Waals surface area contributed by atoms with Gasteiger partial charge in [-0.05, 0) is 37.6 Å². The highest BCUT2D eigenvalue weighted by atomic mass is 35.5. The summed E-state index contributed by atoms with van der Waals surface area (Å²) in [5.41, 5.74) is 3.17. The molecule has 0 aromatic heterocycles. The van der Waals surface area contributed by atoms with Gasteiger partial charge in [-0.15, -0.1) is 0 Å². The third-order valence-corrected chi connectivity index (χ3v) is 4.32. The van der Waals surface area contributed by atoms with Crippen LogP contribution in [0.3, 0.4) is 0 Å². The molecule has 0 spiro atoms. The number of ether oxygens (including phenoxy) is 1. The third-order valence-electron chi connectivity index (χ3n) is 3.99. The van der Waals surface area contributed by atoms with E-state index in [1.165, 1.54) is 6.21 Å². The lowest BCUT2D eigenvalue weighted by Gasteiger charge is -2.10. The first-order valence-electron chi connectivity index (χ1n) is 9.30. The number of hydrazone groups is 1. The number of hydrogen-bond donors (Lipinski definition) is 3. The molecule has 9 heteroatoms. The summed E-state index contributed by atoms with van der Waals surface area (Å²) in [5.74, 6) is -1.63. The zero-order valence-corrected chi connectivity index (χ0v) is 17.4. The van der Waals surface area contributed by atoms with Crippen LogP contribution in [0.25, 0.3) is 0 Å². The van der Waals surface area contributed by atoms with E-state index in [4.69, 9.17) is 16.3 Å². The van der Waals surface area contributed by atoms with E-state index in [1.807, 2.05) is 6.92 Å². The number of carbonyl (C=O) groups is 3. The normalized spacial score (nSPS) is 11.6. The molecule has 158 valence electrons. The van der Waals surface area contributed by atoms with E-state index in [9.17, 15) is 14.4 Å². The van der Waals surface area contributed by atoms with Crippen LogP contribution in [0.15, 0.2) is 53.6 Å². The molecule has 0 aliphatic carbocycles. The van der Waals surface area contributed by atoms with Gasteiger partial charge in [-0.25, -0.2) is 5.43 Å². The van der Waals surface area contributed by atoms with Crippen LogP contribution in [-0.4, -0.2) is 36.6 Å². The highest BCUT2D eigenvalue weighted by molar-refractivity contribution is 6.35. The fraction of sp³-hybridized carbons (Fsp3) is 0.238. The number of carbonyl (C=O) groups excluding carboxylic acids is 3. The van der Waals surface area contributed by atoms with Gasteiger partial charge in [-0.1, -0.05) is 42.8 Å². The van der Waals surface area contributed by atoms with Crippen molar-refractivity contribution in [2.45, 2.75) is 26.3 Å². The van der Waals surface area contributed by atoms with E-state index in [0.717, 1.165) is 0 Å². The van der Waals surface area contributed by atoms with Gasteiger partial charge >= 0.3 is 11.8 Å². The average molecular weight is 431 g/mol. The van der Waals surface area contributed by atoms with Crippen molar-refractivity contribution in [1.82, 2.24) is 10.7 Å². The summed E-state index contributed by atoms with van der Waals surface area (Å²) in [5, 5.41) is 9.40. The van der Waals surface area contributed by atoms with Gasteiger partial charge in [0.2, 0.25) is 0 Å². The molecular weight excluding hydrogens is 408 g/mol. The predicted octanol–water partition coefficient (Wildman–Crippen LogP) is 2.72. The number of halogens is 1. The highest BCUT2D eigenvalue weighted by Gasteiger charge is 2.14. The molecule has 30 heavy (non-hydrogen) atoms. The van der Waals surface area contributed by atoms with E-state index in [0.29, 0.717) is 28.4 Å². The van der Waals surface area contributed by atoms with Crippen molar-refractivity contribution in [3.05, 3.63) is 59.1 Å². The van der Waals surface area contributed by atoms with Crippen molar-refractivity contribution < 1.29 is 19.1 Å². The molecule has 3 amide bonds. The van der Waals surface area contributed by atoms with Crippen LogP contribution in [0.1, 0.15) is 25.8 Å². The monoisotopic (exact) mass is 430 g/mol. The number of amides is 3.